The molecule has 0 fully saturated rings. The SMILES string of the molecule is CCOC(=O)/C=C(/C)N(C)C(=O)CC. The molecular weight excluding hydrogens is 182 g/mol. The number of carbonyl (C=O) groups is 2. The molecule has 0 rings (SSSR count). The quantitative estimate of drug-likeness (QED) is 0.506. The van der Waals surface area contributed by atoms with Crippen LogP contribution < -0.4 is 0 Å². The summed E-state index contributed by atoms with van der Waals surface area (Å²) in [5, 5.41) is 0. The molecule has 0 bridgehead atoms. The number of ether oxygens (including phenoxy) is 1. The van der Waals surface area contributed by atoms with Crippen LogP contribution in [0, 0.1) is 0 Å². The highest BCUT2D eigenvalue weighted by atomic mass is 16.5. The third-order valence-corrected chi connectivity index (χ3v) is 1.82. The van der Waals surface area contributed by atoms with Crippen molar-refractivity contribution in [1.29, 1.82) is 0 Å². The van der Waals surface area contributed by atoms with Crippen molar-refractivity contribution >= 4 is 11.9 Å². The van der Waals surface area contributed by atoms with Gasteiger partial charge in [-0.05, 0) is 13.8 Å². The van der Waals surface area contributed by atoms with Gasteiger partial charge >= 0.3 is 5.97 Å². The first-order chi connectivity index (χ1) is 6.52. The van der Waals surface area contributed by atoms with Gasteiger partial charge in [-0.2, -0.15) is 0 Å². The van der Waals surface area contributed by atoms with Gasteiger partial charge in [0.15, 0.2) is 0 Å². The van der Waals surface area contributed by atoms with Crippen LogP contribution in [0.15, 0.2) is 11.8 Å². The van der Waals surface area contributed by atoms with Crippen LogP contribution in [0.1, 0.15) is 27.2 Å². The van der Waals surface area contributed by atoms with E-state index in [1.54, 1.807) is 27.8 Å². The molecule has 0 heterocycles. The summed E-state index contributed by atoms with van der Waals surface area (Å²) >= 11 is 0. The number of rotatable bonds is 4. The maximum Gasteiger partial charge on any atom is 0.332 e. The summed E-state index contributed by atoms with van der Waals surface area (Å²) in [6, 6.07) is 0. The number of amides is 1. The van der Waals surface area contributed by atoms with Gasteiger partial charge in [0.2, 0.25) is 5.91 Å². The summed E-state index contributed by atoms with van der Waals surface area (Å²) in [4.78, 5) is 23.7. The normalized spacial score (nSPS) is 11.0. The molecule has 0 radical (unpaired) electrons. The van der Waals surface area contributed by atoms with E-state index in [1.807, 2.05) is 0 Å². The van der Waals surface area contributed by atoms with Crippen LogP contribution >= 0.6 is 0 Å². The van der Waals surface area contributed by atoms with Gasteiger partial charge in [-0.3, -0.25) is 4.79 Å². The molecule has 0 aliphatic rings. The third-order valence-electron chi connectivity index (χ3n) is 1.82. The lowest BCUT2D eigenvalue weighted by atomic mass is 10.3. The molecule has 0 saturated heterocycles. The number of nitrogens with zero attached hydrogens (tertiary/aromatic N) is 1. The average molecular weight is 199 g/mol. The molecule has 0 spiro atoms. The van der Waals surface area contributed by atoms with E-state index in [-0.39, 0.29) is 5.91 Å². The van der Waals surface area contributed by atoms with Gasteiger partial charge in [-0.1, -0.05) is 6.92 Å². The van der Waals surface area contributed by atoms with E-state index in [0.717, 1.165) is 0 Å². The standard InChI is InChI=1S/C10H17NO3/c1-5-9(12)11(4)8(3)7-10(13)14-6-2/h7H,5-6H2,1-4H3/b8-7-. The minimum atomic E-state index is -0.416. The summed E-state index contributed by atoms with van der Waals surface area (Å²) < 4.78 is 4.72. The van der Waals surface area contributed by atoms with Crippen LogP contribution in [-0.2, 0) is 14.3 Å². The Morgan fingerprint density at radius 3 is 2.36 bits per heavy atom. The number of esters is 1. The summed E-state index contributed by atoms with van der Waals surface area (Å²) in [5.74, 6) is -0.441. The second-order valence-corrected chi connectivity index (χ2v) is 2.84. The summed E-state index contributed by atoms with van der Waals surface area (Å²) in [7, 11) is 1.64. The number of hydrogen-bond donors (Lipinski definition) is 0. The van der Waals surface area contributed by atoms with E-state index in [9.17, 15) is 9.59 Å². The van der Waals surface area contributed by atoms with Gasteiger partial charge < -0.3 is 9.64 Å². The van der Waals surface area contributed by atoms with Gasteiger partial charge in [-0.15, -0.1) is 0 Å². The molecule has 0 aromatic rings. The van der Waals surface area contributed by atoms with E-state index < -0.39 is 5.97 Å². The Kier molecular flexibility index (Phi) is 5.60. The molecule has 0 aromatic carbocycles. The first-order valence-electron chi connectivity index (χ1n) is 4.64. The monoisotopic (exact) mass is 199 g/mol. The van der Waals surface area contributed by atoms with E-state index in [0.29, 0.717) is 18.7 Å². The molecule has 0 unspecified atom stereocenters. The van der Waals surface area contributed by atoms with Crippen LogP contribution in [0.3, 0.4) is 0 Å². The highest BCUT2D eigenvalue weighted by Crippen LogP contribution is 2.02. The molecule has 14 heavy (non-hydrogen) atoms. The second kappa shape index (κ2) is 6.18. The maximum absolute atomic E-state index is 11.2. The molecule has 4 nitrogen and oxygen atoms in total. The van der Waals surface area contributed by atoms with Crippen LogP contribution in [0.5, 0.6) is 0 Å². The lowest BCUT2D eigenvalue weighted by Gasteiger charge is -2.16. The zero-order valence-corrected chi connectivity index (χ0v) is 9.16. The first kappa shape index (κ1) is 12.7. The van der Waals surface area contributed by atoms with Crippen molar-refractivity contribution in [1.82, 2.24) is 4.90 Å². The maximum atomic E-state index is 11.2. The molecule has 4 heteroatoms. The number of allylic oxidation sites excluding steroid dienone is 1. The van der Waals surface area contributed by atoms with Crippen LogP contribution in [0.2, 0.25) is 0 Å². The van der Waals surface area contributed by atoms with Crippen LogP contribution in [0.4, 0.5) is 0 Å². The number of hydrogen-bond acceptors (Lipinski definition) is 3. The van der Waals surface area contributed by atoms with E-state index in [2.05, 4.69) is 0 Å². The van der Waals surface area contributed by atoms with Crippen LogP contribution in [-0.4, -0.2) is 30.4 Å². The van der Waals surface area contributed by atoms with Gasteiger partial charge in [0.25, 0.3) is 0 Å². The Morgan fingerprint density at radius 2 is 1.93 bits per heavy atom. The fraction of sp³-hybridized carbons (Fsp3) is 0.600. The first-order valence-corrected chi connectivity index (χ1v) is 4.64. The van der Waals surface area contributed by atoms with Crippen LogP contribution in [0.25, 0.3) is 0 Å². The molecule has 0 aliphatic heterocycles. The van der Waals surface area contributed by atoms with Crippen molar-refractivity contribution in [3.05, 3.63) is 11.8 Å². The Labute approximate surface area is 84.5 Å². The van der Waals surface area contributed by atoms with E-state index >= 15 is 0 Å². The predicted octanol–water partition coefficient (Wildman–Crippen LogP) is 1.32. The lowest BCUT2D eigenvalue weighted by molar-refractivity contribution is -0.137. The molecule has 1 amide bonds. The molecule has 0 N–H and O–H groups in total. The van der Waals surface area contributed by atoms with Gasteiger partial charge in [0.05, 0.1) is 6.61 Å². The van der Waals surface area contributed by atoms with E-state index in [1.165, 1.54) is 11.0 Å². The minimum absolute atomic E-state index is 0.0250. The zero-order valence-electron chi connectivity index (χ0n) is 9.16. The molecule has 0 saturated carbocycles. The summed E-state index contributed by atoms with van der Waals surface area (Å²) in [5.41, 5.74) is 0.593. The van der Waals surface area contributed by atoms with Crippen molar-refractivity contribution in [3.8, 4) is 0 Å². The van der Waals surface area contributed by atoms with Crippen molar-refractivity contribution in [2.75, 3.05) is 13.7 Å². The minimum Gasteiger partial charge on any atom is -0.463 e. The summed E-state index contributed by atoms with van der Waals surface area (Å²) in [6.45, 7) is 5.55. The lowest BCUT2D eigenvalue weighted by Crippen LogP contribution is -2.24. The molecular formula is C10H17NO3. The third kappa shape index (κ3) is 4.07. The fourth-order valence-electron chi connectivity index (χ4n) is 0.885. The molecule has 0 aliphatic carbocycles. The smallest absolute Gasteiger partial charge is 0.332 e. The molecule has 0 aromatic heterocycles. The van der Waals surface area contributed by atoms with E-state index in [4.69, 9.17) is 4.74 Å². The average Bonchev–Trinajstić information content (AvgIpc) is 2.15. The Bertz CT molecular complexity index is 246. The van der Waals surface area contributed by atoms with Gasteiger partial charge in [0.1, 0.15) is 0 Å². The van der Waals surface area contributed by atoms with Crippen molar-refractivity contribution < 1.29 is 14.3 Å². The van der Waals surface area contributed by atoms with Crippen molar-refractivity contribution in [2.45, 2.75) is 27.2 Å². The second-order valence-electron chi connectivity index (χ2n) is 2.84. The molecule has 0 atom stereocenters. The van der Waals surface area contributed by atoms with Gasteiger partial charge in [-0.25, -0.2) is 4.79 Å². The Hall–Kier alpha value is -1.32. The largest absolute Gasteiger partial charge is 0.463 e. The Balaban J connectivity index is 4.36. The van der Waals surface area contributed by atoms with Crippen molar-refractivity contribution in [3.63, 3.8) is 0 Å². The highest BCUT2D eigenvalue weighted by molar-refractivity contribution is 5.84. The zero-order chi connectivity index (χ0) is 11.1. The topological polar surface area (TPSA) is 46.6 Å². The van der Waals surface area contributed by atoms with Gasteiger partial charge in [0, 0.05) is 25.2 Å². The van der Waals surface area contributed by atoms with Crippen molar-refractivity contribution in [2.24, 2.45) is 0 Å². The highest BCUT2D eigenvalue weighted by Gasteiger charge is 2.08. The summed E-state index contributed by atoms with van der Waals surface area (Å²) in [6.07, 6.45) is 1.74. The fourth-order valence-corrected chi connectivity index (χ4v) is 0.885. The predicted molar refractivity (Wildman–Crippen MR) is 53.5 cm³/mol. The Morgan fingerprint density at radius 1 is 1.36 bits per heavy atom. The molecule has 80 valence electrons. The number of carbonyl (C=O) groups excluding carboxylic acids is 2.